The summed E-state index contributed by atoms with van der Waals surface area (Å²) in [5, 5.41) is 1.99. The Balaban J connectivity index is 2.21. The number of ether oxygens (including phenoxy) is 2. The fourth-order valence-electron chi connectivity index (χ4n) is 1.91. The van der Waals surface area contributed by atoms with Crippen molar-refractivity contribution in [3.05, 3.63) is 44.6 Å². The SMILES string of the molecule is COc1ccc(Br)c(CC(N)c2sccc2OC)c1. The van der Waals surface area contributed by atoms with Crippen LogP contribution in [0.5, 0.6) is 11.5 Å². The predicted molar refractivity (Wildman–Crippen MR) is 82.2 cm³/mol. The lowest BCUT2D eigenvalue weighted by molar-refractivity contribution is 0.408. The average molecular weight is 342 g/mol. The third-order valence-electron chi connectivity index (χ3n) is 2.91. The topological polar surface area (TPSA) is 44.5 Å². The molecule has 0 aliphatic carbocycles. The minimum atomic E-state index is -0.0849. The summed E-state index contributed by atoms with van der Waals surface area (Å²) in [5.41, 5.74) is 7.40. The van der Waals surface area contributed by atoms with Crippen molar-refractivity contribution in [2.24, 2.45) is 5.73 Å². The molecule has 0 saturated heterocycles. The predicted octanol–water partition coefficient (Wildman–Crippen LogP) is 3.77. The van der Waals surface area contributed by atoms with Crippen LogP contribution in [0.1, 0.15) is 16.5 Å². The van der Waals surface area contributed by atoms with Crippen LogP contribution in [0.2, 0.25) is 0 Å². The molecular formula is C14H16BrNO2S. The van der Waals surface area contributed by atoms with E-state index in [9.17, 15) is 0 Å². The van der Waals surface area contributed by atoms with Crippen LogP contribution in [-0.2, 0) is 6.42 Å². The minimum absolute atomic E-state index is 0.0849. The first kappa shape index (κ1) is 14.4. The first-order valence-corrected chi connectivity index (χ1v) is 7.52. The van der Waals surface area contributed by atoms with E-state index in [4.69, 9.17) is 15.2 Å². The molecule has 102 valence electrons. The second kappa shape index (κ2) is 6.41. The van der Waals surface area contributed by atoms with Crippen LogP contribution in [0.4, 0.5) is 0 Å². The molecule has 1 unspecified atom stereocenters. The Bertz CT molecular complexity index is 556. The van der Waals surface area contributed by atoms with Crippen LogP contribution in [-0.4, -0.2) is 14.2 Å². The standard InChI is InChI=1S/C14H16BrNO2S/c1-17-10-3-4-11(15)9(7-10)8-12(16)14-13(18-2)5-6-19-14/h3-7,12H,8,16H2,1-2H3. The Hall–Kier alpha value is -1.04. The molecule has 2 N–H and O–H groups in total. The third-order valence-corrected chi connectivity index (χ3v) is 4.71. The molecule has 0 aliphatic rings. The molecule has 2 rings (SSSR count). The van der Waals surface area contributed by atoms with Crippen LogP contribution in [0.3, 0.4) is 0 Å². The molecular weight excluding hydrogens is 326 g/mol. The van der Waals surface area contributed by atoms with Gasteiger partial charge in [0.1, 0.15) is 11.5 Å². The van der Waals surface area contributed by atoms with Gasteiger partial charge in [0.2, 0.25) is 0 Å². The number of rotatable bonds is 5. The first-order valence-electron chi connectivity index (χ1n) is 5.85. The molecule has 3 nitrogen and oxygen atoms in total. The van der Waals surface area contributed by atoms with Gasteiger partial charge in [0.05, 0.1) is 19.1 Å². The smallest absolute Gasteiger partial charge is 0.134 e. The molecule has 1 atom stereocenters. The monoisotopic (exact) mass is 341 g/mol. The van der Waals surface area contributed by atoms with Crippen molar-refractivity contribution in [2.45, 2.75) is 12.5 Å². The summed E-state index contributed by atoms with van der Waals surface area (Å²) in [4.78, 5) is 1.07. The van der Waals surface area contributed by atoms with Gasteiger partial charge in [0.15, 0.2) is 0 Å². The van der Waals surface area contributed by atoms with Gasteiger partial charge in [0.25, 0.3) is 0 Å². The summed E-state index contributed by atoms with van der Waals surface area (Å²) in [6.45, 7) is 0. The molecule has 19 heavy (non-hydrogen) atoms. The van der Waals surface area contributed by atoms with Gasteiger partial charge in [-0.15, -0.1) is 11.3 Å². The van der Waals surface area contributed by atoms with E-state index in [0.29, 0.717) is 0 Å². The van der Waals surface area contributed by atoms with Crippen molar-refractivity contribution in [2.75, 3.05) is 14.2 Å². The van der Waals surface area contributed by atoms with E-state index < -0.39 is 0 Å². The van der Waals surface area contributed by atoms with Gasteiger partial charge < -0.3 is 15.2 Å². The second-order valence-corrected chi connectivity index (χ2v) is 5.92. The lowest BCUT2D eigenvalue weighted by Crippen LogP contribution is -2.13. The summed E-state index contributed by atoms with van der Waals surface area (Å²) >= 11 is 5.17. The Morgan fingerprint density at radius 1 is 1.26 bits per heavy atom. The number of hydrogen-bond acceptors (Lipinski definition) is 4. The largest absolute Gasteiger partial charge is 0.497 e. The quantitative estimate of drug-likeness (QED) is 0.900. The van der Waals surface area contributed by atoms with Crippen LogP contribution < -0.4 is 15.2 Å². The van der Waals surface area contributed by atoms with Crippen molar-refractivity contribution < 1.29 is 9.47 Å². The van der Waals surface area contributed by atoms with Gasteiger partial charge in [-0.25, -0.2) is 0 Å². The van der Waals surface area contributed by atoms with Gasteiger partial charge in [-0.3, -0.25) is 0 Å². The number of methoxy groups -OCH3 is 2. The molecule has 5 heteroatoms. The molecule has 0 saturated carbocycles. The zero-order valence-corrected chi connectivity index (χ0v) is 13.3. The van der Waals surface area contributed by atoms with E-state index in [1.165, 1.54) is 0 Å². The van der Waals surface area contributed by atoms with Crippen molar-refractivity contribution in [1.29, 1.82) is 0 Å². The van der Waals surface area contributed by atoms with E-state index in [0.717, 1.165) is 32.8 Å². The Morgan fingerprint density at radius 2 is 2.05 bits per heavy atom. The highest BCUT2D eigenvalue weighted by molar-refractivity contribution is 9.10. The van der Waals surface area contributed by atoms with Gasteiger partial charge in [0, 0.05) is 10.5 Å². The zero-order valence-electron chi connectivity index (χ0n) is 10.9. The highest BCUT2D eigenvalue weighted by atomic mass is 79.9. The fraction of sp³-hybridized carbons (Fsp3) is 0.286. The number of halogens is 1. The summed E-state index contributed by atoms with van der Waals surface area (Å²) in [5.74, 6) is 1.69. The molecule has 0 aliphatic heterocycles. The third kappa shape index (κ3) is 3.29. The fourth-order valence-corrected chi connectivity index (χ4v) is 3.18. The van der Waals surface area contributed by atoms with E-state index >= 15 is 0 Å². The first-order chi connectivity index (χ1) is 9.15. The summed E-state index contributed by atoms with van der Waals surface area (Å²) in [6, 6.07) is 7.76. The van der Waals surface area contributed by atoms with E-state index in [1.54, 1.807) is 25.6 Å². The van der Waals surface area contributed by atoms with Crippen LogP contribution in [0.15, 0.2) is 34.1 Å². The second-order valence-electron chi connectivity index (χ2n) is 4.12. The maximum atomic E-state index is 6.28. The van der Waals surface area contributed by atoms with Crippen molar-refractivity contribution >= 4 is 27.3 Å². The summed E-state index contributed by atoms with van der Waals surface area (Å²) in [6.07, 6.45) is 0.731. The number of nitrogens with two attached hydrogens (primary N) is 1. The van der Waals surface area contributed by atoms with Crippen LogP contribution in [0.25, 0.3) is 0 Å². The lowest BCUT2D eigenvalue weighted by atomic mass is 10.0. The lowest BCUT2D eigenvalue weighted by Gasteiger charge is -2.14. The molecule has 1 aromatic heterocycles. The maximum Gasteiger partial charge on any atom is 0.134 e. The number of hydrogen-bond donors (Lipinski definition) is 1. The van der Waals surface area contributed by atoms with E-state index in [1.807, 2.05) is 29.6 Å². The summed E-state index contributed by atoms with van der Waals surface area (Å²) in [7, 11) is 3.33. The summed E-state index contributed by atoms with van der Waals surface area (Å²) < 4.78 is 11.6. The van der Waals surface area contributed by atoms with Gasteiger partial charge >= 0.3 is 0 Å². The zero-order chi connectivity index (χ0) is 13.8. The van der Waals surface area contributed by atoms with E-state index in [-0.39, 0.29) is 6.04 Å². The Labute approximate surface area is 125 Å². The number of thiophene rings is 1. The molecule has 0 amide bonds. The maximum absolute atomic E-state index is 6.28. The van der Waals surface area contributed by atoms with Crippen molar-refractivity contribution in [1.82, 2.24) is 0 Å². The molecule has 2 aromatic rings. The molecule has 0 fully saturated rings. The van der Waals surface area contributed by atoms with Crippen molar-refractivity contribution in [3.8, 4) is 11.5 Å². The highest BCUT2D eigenvalue weighted by Crippen LogP contribution is 2.33. The van der Waals surface area contributed by atoms with E-state index in [2.05, 4.69) is 15.9 Å². The molecule has 0 spiro atoms. The normalized spacial score (nSPS) is 12.2. The average Bonchev–Trinajstić information content (AvgIpc) is 2.89. The van der Waals surface area contributed by atoms with Crippen LogP contribution in [0, 0.1) is 0 Å². The highest BCUT2D eigenvalue weighted by Gasteiger charge is 2.15. The van der Waals surface area contributed by atoms with Crippen LogP contribution >= 0.6 is 27.3 Å². The molecule has 1 aromatic carbocycles. The van der Waals surface area contributed by atoms with Crippen molar-refractivity contribution in [3.63, 3.8) is 0 Å². The van der Waals surface area contributed by atoms with Gasteiger partial charge in [-0.1, -0.05) is 15.9 Å². The minimum Gasteiger partial charge on any atom is -0.497 e. The molecule has 0 bridgehead atoms. The van der Waals surface area contributed by atoms with Gasteiger partial charge in [-0.2, -0.15) is 0 Å². The van der Waals surface area contributed by atoms with Gasteiger partial charge in [-0.05, 0) is 41.6 Å². The molecule has 1 heterocycles. The number of benzene rings is 1. The Morgan fingerprint density at radius 3 is 2.74 bits per heavy atom. The Kier molecular flexibility index (Phi) is 4.85. The molecule has 0 radical (unpaired) electrons.